The van der Waals surface area contributed by atoms with Crippen molar-refractivity contribution >= 4 is 11.6 Å². The van der Waals surface area contributed by atoms with Gasteiger partial charge in [-0.3, -0.25) is 19.8 Å². The molecule has 2 aliphatic rings. The monoisotopic (exact) mass is 427 g/mol. The number of carbonyl (C=O) groups is 1. The fourth-order valence-electron chi connectivity index (χ4n) is 4.19. The maximum Gasteiger partial charge on any atom is 0.387 e. The highest BCUT2D eigenvalue weighted by Crippen LogP contribution is 2.36. The van der Waals surface area contributed by atoms with Crippen molar-refractivity contribution in [3.63, 3.8) is 0 Å². The molecule has 1 amide bonds. The molecule has 3 rings (SSSR count). The van der Waals surface area contributed by atoms with Crippen molar-refractivity contribution in [2.24, 2.45) is 5.92 Å². The number of amides is 1. The van der Waals surface area contributed by atoms with E-state index < -0.39 is 11.5 Å². The number of likely N-dealkylation sites (tertiary alicyclic amines) is 2. The van der Waals surface area contributed by atoms with Crippen LogP contribution >= 0.6 is 0 Å². The Labute approximate surface area is 173 Å². The highest BCUT2D eigenvalue weighted by Gasteiger charge is 2.30. The molecule has 0 aromatic heterocycles. The number of halogens is 2. The van der Waals surface area contributed by atoms with Gasteiger partial charge in [-0.25, -0.2) is 0 Å². The molecule has 0 atom stereocenters. The number of alkyl halides is 2. The molecular weight excluding hydrogens is 400 g/mol. The number of nitro groups is 1. The van der Waals surface area contributed by atoms with Crippen LogP contribution in [0.5, 0.6) is 11.5 Å². The molecule has 30 heavy (non-hydrogen) atoms. The molecule has 2 heterocycles. The van der Waals surface area contributed by atoms with Crippen LogP contribution in [0.3, 0.4) is 0 Å². The number of hydrogen-bond donors (Lipinski definition) is 0. The van der Waals surface area contributed by atoms with E-state index in [1.54, 1.807) is 0 Å². The largest absolute Gasteiger partial charge is 0.493 e. The van der Waals surface area contributed by atoms with Crippen LogP contribution in [0.4, 0.5) is 14.5 Å². The van der Waals surface area contributed by atoms with Crippen LogP contribution in [0.25, 0.3) is 0 Å². The molecular formula is C20H27F2N3O5. The number of nitrogens with zero attached hydrogens (tertiary/aromatic N) is 3. The summed E-state index contributed by atoms with van der Waals surface area (Å²) in [6, 6.07) is 2.35. The van der Waals surface area contributed by atoms with Crippen LogP contribution in [0.15, 0.2) is 12.1 Å². The lowest BCUT2D eigenvalue weighted by Crippen LogP contribution is -2.44. The zero-order valence-electron chi connectivity index (χ0n) is 17.0. The Morgan fingerprint density at radius 3 is 2.40 bits per heavy atom. The first-order chi connectivity index (χ1) is 14.4. The number of ether oxygens (including phenoxy) is 2. The fourth-order valence-corrected chi connectivity index (χ4v) is 4.19. The van der Waals surface area contributed by atoms with Gasteiger partial charge >= 0.3 is 6.61 Å². The van der Waals surface area contributed by atoms with E-state index in [4.69, 9.17) is 4.74 Å². The summed E-state index contributed by atoms with van der Waals surface area (Å²) >= 11 is 0. The van der Waals surface area contributed by atoms with Crippen molar-refractivity contribution in [2.45, 2.75) is 45.3 Å². The first kappa shape index (κ1) is 22.2. The van der Waals surface area contributed by atoms with E-state index in [2.05, 4.69) is 4.74 Å². The minimum Gasteiger partial charge on any atom is -0.493 e. The normalized spacial score (nSPS) is 18.5. The van der Waals surface area contributed by atoms with Crippen molar-refractivity contribution in [3.8, 4) is 11.5 Å². The summed E-state index contributed by atoms with van der Waals surface area (Å²) in [5, 5.41) is 11.5. The number of rotatable bonds is 7. The fraction of sp³-hybridized carbons (Fsp3) is 0.650. The molecule has 2 aliphatic heterocycles. The van der Waals surface area contributed by atoms with E-state index in [0.717, 1.165) is 32.0 Å². The van der Waals surface area contributed by atoms with Crippen LogP contribution in [0.2, 0.25) is 0 Å². The third-order valence-electron chi connectivity index (χ3n) is 5.78. The molecule has 0 aliphatic carbocycles. The molecule has 0 spiro atoms. The standard InChI is InChI=1S/C20H27F2N3O5/c1-29-17-11-15(16(25(27)28)12-18(17)30-20(21)22)13-23-9-5-14(6-10-23)19(26)24-7-3-2-4-8-24/h11-12,14,20H,2-10,13H2,1H3. The lowest BCUT2D eigenvalue weighted by atomic mass is 9.94. The maximum atomic E-state index is 12.7. The van der Waals surface area contributed by atoms with Gasteiger partial charge in [-0.05, 0) is 51.3 Å². The average molecular weight is 427 g/mol. The minimum absolute atomic E-state index is 0.00862. The summed E-state index contributed by atoms with van der Waals surface area (Å²) < 4.78 is 34.6. The van der Waals surface area contributed by atoms with Crippen molar-refractivity contribution in [1.82, 2.24) is 9.80 Å². The second-order valence-corrected chi connectivity index (χ2v) is 7.70. The number of methoxy groups -OCH3 is 1. The van der Waals surface area contributed by atoms with E-state index in [0.29, 0.717) is 31.5 Å². The third-order valence-corrected chi connectivity index (χ3v) is 5.78. The van der Waals surface area contributed by atoms with Gasteiger partial charge in [-0.15, -0.1) is 0 Å². The summed E-state index contributed by atoms with van der Waals surface area (Å²) in [6.45, 7) is 0.0984. The summed E-state index contributed by atoms with van der Waals surface area (Å²) in [4.78, 5) is 27.6. The molecule has 2 fully saturated rings. The van der Waals surface area contributed by atoms with Gasteiger partial charge < -0.3 is 14.4 Å². The van der Waals surface area contributed by atoms with Gasteiger partial charge in [0.15, 0.2) is 11.5 Å². The Hall–Kier alpha value is -2.49. The van der Waals surface area contributed by atoms with Crippen molar-refractivity contribution < 1.29 is 28.0 Å². The molecule has 0 unspecified atom stereocenters. The van der Waals surface area contributed by atoms with Crippen LogP contribution in [-0.4, -0.2) is 60.5 Å². The second kappa shape index (κ2) is 10.0. The minimum atomic E-state index is -3.11. The van der Waals surface area contributed by atoms with Crippen LogP contribution < -0.4 is 9.47 Å². The van der Waals surface area contributed by atoms with E-state index in [9.17, 15) is 23.7 Å². The number of hydrogen-bond acceptors (Lipinski definition) is 6. The number of nitro benzene ring substituents is 1. The first-order valence-corrected chi connectivity index (χ1v) is 10.2. The van der Waals surface area contributed by atoms with E-state index in [1.165, 1.54) is 19.6 Å². The summed E-state index contributed by atoms with van der Waals surface area (Å²) in [5.41, 5.74) is 0.0669. The maximum absolute atomic E-state index is 12.7. The second-order valence-electron chi connectivity index (χ2n) is 7.70. The lowest BCUT2D eigenvalue weighted by Gasteiger charge is -2.35. The molecule has 166 valence electrons. The number of piperidine rings is 2. The molecule has 0 bridgehead atoms. The number of benzene rings is 1. The van der Waals surface area contributed by atoms with Crippen molar-refractivity contribution in [2.75, 3.05) is 33.3 Å². The van der Waals surface area contributed by atoms with Gasteiger partial charge in [-0.1, -0.05) is 0 Å². The summed E-state index contributed by atoms with van der Waals surface area (Å²) in [6.07, 6.45) is 4.69. The molecule has 0 N–H and O–H groups in total. The molecule has 8 nitrogen and oxygen atoms in total. The average Bonchev–Trinajstić information content (AvgIpc) is 2.74. The molecule has 0 radical (unpaired) electrons. The Balaban J connectivity index is 1.66. The van der Waals surface area contributed by atoms with E-state index in [1.807, 2.05) is 9.80 Å². The highest BCUT2D eigenvalue weighted by atomic mass is 19.3. The lowest BCUT2D eigenvalue weighted by molar-refractivity contribution is -0.385. The van der Waals surface area contributed by atoms with Crippen LogP contribution in [-0.2, 0) is 11.3 Å². The quantitative estimate of drug-likeness (QED) is 0.490. The van der Waals surface area contributed by atoms with Crippen molar-refractivity contribution in [3.05, 3.63) is 27.8 Å². The van der Waals surface area contributed by atoms with Crippen LogP contribution in [0, 0.1) is 16.0 Å². The highest BCUT2D eigenvalue weighted by molar-refractivity contribution is 5.79. The molecule has 0 saturated carbocycles. The van der Waals surface area contributed by atoms with Gasteiger partial charge in [-0.2, -0.15) is 8.78 Å². The smallest absolute Gasteiger partial charge is 0.387 e. The summed E-state index contributed by atoms with van der Waals surface area (Å²) in [7, 11) is 1.29. The Bertz CT molecular complexity index is 763. The van der Waals surface area contributed by atoms with Gasteiger partial charge in [0.25, 0.3) is 5.69 Å². The summed E-state index contributed by atoms with van der Waals surface area (Å²) in [5.74, 6) is -0.138. The predicted molar refractivity (Wildman–Crippen MR) is 105 cm³/mol. The zero-order valence-corrected chi connectivity index (χ0v) is 17.0. The molecule has 1 aromatic carbocycles. The van der Waals surface area contributed by atoms with E-state index >= 15 is 0 Å². The molecule has 1 aromatic rings. The van der Waals surface area contributed by atoms with E-state index in [-0.39, 0.29) is 35.6 Å². The molecule has 2 saturated heterocycles. The first-order valence-electron chi connectivity index (χ1n) is 10.2. The Kier molecular flexibility index (Phi) is 7.41. The third kappa shape index (κ3) is 5.35. The van der Waals surface area contributed by atoms with Gasteiger partial charge in [0.1, 0.15) is 0 Å². The van der Waals surface area contributed by atoms with Crippen molar-refractivity contribution in [1.29, 1.82) is 0 Å². The van der Waals surface area contributed by atoms with Gasteiger partial charge in [0.05, 0.1) is 18.1 Å². The predicted octanol–water partition coefficient (Wildman–Crippen LogP) is 3.43. The Morgan fingerprint density at radius 1 is 1.17 bits per heavy atom. The SMILES string of the molecule is COc1cc(CN2CCC(C(=O)N3CCCCC3)CC2)c([N+](=O)[O-])cc1OC(F)F. The van der Waals surface area contributed by atoms with Crippen LogP contribution in [0.1, 0.15) is 37.7 Å². The molecule has 10 heteroatoms. The Morgan fingerprint density at radius 2 is 1.83 bits per heavy atom. The zero-order chi connectivity index (χ0) is 21.7. The van der Waals surface area contributed by atoms with Gasteiger partial charge in [0, 0.05) is 31.1 Å². The van der Waals surface area contributed by atoms with Gasteiger partial charge in [0.2, 0.25) is 5.91 Å². The topological polar surface area (TPSA) is 85.2 Å². The number of carbonyl (C=O) groups excluding carboxylic acids is 1.